The number of fused-ring (bicyclic) bond motifs is 8. The molecule has 8 aromatic carbocycles. The van der Waals surface area contributed by atoms with Gasteiger partial charge in [-0.2, -0.15) is 0 Å². The number of benzene rings is 8. The number of hydrogen-bond donors (Lipinski definition) is 1. The van der Waals surface area contributed by atoms with Crippen LogP contribution in [0.2, 0.25) is 0 Å². The Balaban J connectivity index is 0.00000543. The Morgan fingerprint density at radius 2 is 0.712 bits per heavy atom. The van der Waals surface area contributed by atoms with Gasteiger partial charge in [-0.15, -0.1) is 0 Å². The Kier molecular flexibility index (Phi) is 12.2. The topological polar surface area (TPSA) is 46.5 Å². The third kappa shape index (κ3) is 8.31. The van der Waals surface area contributed by atoms with E-state index in [1.54, 1.807) is 0 Å². The minimum Gasteiger partial charge on any atom is -0.354 e. The van der Waals surface area contributed by atoms with Crippen molar-refractivity contribution in [3.05, 3.63) is 295 Å². The first-order chi connectivity index (χ1) is 35.7. The van der Waals surface area contributed by atoms with Crippen LogP contribution in [0.5, 0.6) is 0 Å². The molecule has 3 aromatic heterocycles. The molecule has 1 N–H and O–H groups in total. The summed E-state index contributed by atoms with van der Waals surface area (Å²) >= 11 is 0. The van der Waals surface area contributed by atoms with Crippen LogP contribution in [0.15, 0.2) is 261 Å². The van der Waals surface area contributed by atoms with Gasteiger partial charge < -0.3 is 9.55 Å². The largest absolute Gasteiger partial charge is 0.354 e. The van der Waals surface area contributed by atoms with E-state index in [-0.39, 0.29) is 20.4 Å². The molecule has 8 bridgehead atoms. The van der Waals surface area contributed by atoms with E-state index in [2.05, 4.69) is 283 Å². The fourth-order valence-corrected chi connectivity index (χ4v) is 10.6. The van der Waals surface area contributed by atoms with E-state index in [1.165, 1.54) is 0 Å². The van der Waals surface area contributed by atoms with Crippen LogP contribution in [0.3, 0.4) is 0 Å². The zero-order valence-electron chi connectivity index (χ0n) is 39.6. The molecule has 0 saturated heterocycles. The molecule has 13 rings (SSSR count). The van der Waals surface area contributed by atoms with Crippen molar-refractivity contribution in [1.29, 1.82) is 0 Å². The maximum absolute atomic E-state index is 6.25. The molecule has 0 saturated carbocycles. The van der Waals surface area contributed by atoms with Gasteiger partial charge in [0.1, 0.15) is 0 Å². The quantitative estimate of drug-likeness (QED) is 0.154. The molecule has 0 amide bonds. The number of rotatable bonds is 8. The van der Waals surface area contributed by atoms with Crippen molar-refractivity contribution in [3.63, 3.8) is 0 Å². The van der Waals surface area contributed by atoms with Gasteiger partial charge >= 0.3 is 0 Å². The number of hydrogen-bond acceptors (Lipinski definition) is 2. The van der Waals surface area contributed by atoms with Gasteiger partial charge in [-0.05, 0) is 81.4 Å². The van der Waals surface area contributed by atoms with Crippen molar-refractivity contribution in [2.24, 2.45) is 0 Å². The second kappa shape index (κ2) is 19.7. The van der Waals surface area contributed by atoms with Crippen LogP contribution in [-0.4, -0.2) is 19.5 Å². The Morgan fingerprint density at radius 1 is 0.329 bits per heavy atom. The summed E-state index contributed by atoms with van der Waals surface area (Å²) in [5.41, 5.74) is 23.2. The number of aromatic nitrogens is 4. The summed E-state index contributed by atoms with van der Waals surface area (Å²) in [5.74, 6) is 0. The summed E-state index contributed by atoms with van der Waals surface area (Å²) in [7, 11) is 0. The second-order valence-electron chi connectivity index (χ2n) is 18.1. The average Bonchev–Trinajstić information content (AvgIpc) is 4.25. The van der Waals surface area contributed by atoms with Crippen molar-refractivity contribution in [2.45, 2.75) is 0 Å². The van der Waals surface area contributed by atoms with Crippen LogP contribution in [-0.2, 0) is 20.4 Å². The van der Waals surface area contributed by atoms with Gasteiger partial charge in [-0.1, -0.05) is 231 Å². The Hall–Kier alpha value is -8.98. The van der Waals surface area contributed by atoms with Crippen LogP contribution in [0, 0.1) is 0 Å². The van der Waals surface area contributed by atoms with Crippen molar-refractivity contribution in [2.75, 3.05) is 0 Å². The summed E-state index contributed by atoms with van der Waals surface area (Å²) in [5, 5.41) is 0. The number of aromatic amines is 1. The number of para-hydroxylation sites is 1. The van der Waals surface area contributed by atoms with E-state index >= 15 is 0 Å². The maximum atomic E-state index is 6.25. The molecule has 5 heteroatoms. The Bertz CT molecular complexity index is 4020. The normalized spacial score (nSPS) is 11.9. The molecule has 2 aliphatic heterocycles. The molecule has 4 nitrogen and oxygen atoms in total. The molecule has 0 atom stereocenters. The van der Waals surface area contributed by atoms with E-state index in [1.807, 2.05) is 0 Å². The minimum atomic E-state index is 0. The zero-order valence-corrected chi connectivity index (χ0v) is 41.2. The van der Waals surface area contributed by atoms with E-state index in [4.69, 9.17) is 9.97 Å². The monoisotopic (exact) mass is 1020 g/mol. The summed E-state index contributed by atoms with van der Waals surface area (Å²) in [4.78, 5) is 15.6. The van der Waals surface area contributed by atoms with Crippen LogP contribution in [0.25, 0.3) is 107 Å². The van der Waals surface area contributed by atoms with Gasteiger partial charge in [0, 0.05) is 70.6 Å². The first kappa shape index (κ1) is 45.2. The maximum Gasteiger partial charge on any atom is 0.0822 e. The Morgan fingerprint density at radius 3 is 1.21 bits per heavy atom. The van der Waals surface area contributed by atoms with Crippen molar-refractivity contribution < 1.29 is 20.4 Å². The molecule has 0 fully saturated rings. The average molecular weight is 1030 g/mol. The predicted octanol–water partition coefficient (Wildman–Crippen LogP) is 17.3. The second-order valence-corrected chi connectivity index (χ2v) is 18.1. The zero-order chi connectivity index (χ0) is 47.8. The molecule has 0 radical (unpaired) electrons. The molecule has 0 unspecified atom stereocenters. The summed E-state index contributed by atoms with van der Waals surface area (Å²) in [6, 6.07) is 93.3. The van der Waals surface area contributed by atoms with E-state index in [0.717, 1.165) is 128 Å². The van der Waals surface area contributed by atoms with Gasteiger partial charge in [0.15, 0.2) is 0 Å². The Labute approximate surface area is 438 Å². The molecule has 0 aliphatic carbocycles. The van der Waals surface area contributed by atoms with Crippen molar-refractivity contribution in [1.82, 2.24) is 19.5 Å². The number of H-pyrrole nitrogens is 1. The van der Waals surface area contributed by atoms with Crippen LogP contribution < -0.4 is 0 Å². The fourth-order valence-electron chi connectivity index (χ4n) is 10.6. The summed E-state index contributed by atoms with van der Waals surface area (Å²) < 4.78 is 2.47. The fraction of sp³-hybridized carbons (Fsp3) is 0. The summed E-state index contributed by atoms with van der Waals surface area (Å²) in [6.45, 7) is 0. The van der Waals surface area contributed by atoms with E-state index < -0.39 is 0 Å². The predicted molar refractivity (Wildman–Crippen MR) is 300 cm³/mol. The van der Waals surface area contributed by atoms with Crippen LogP contribution >= 0.6 is 0 Å². The minimum absolute atomic E-state index is 0. The molecule has 5 heterocycles. The SMILES string of the molecule is C1=Cc2cc3c(-c4ccccc4)c(-c4ccccc4)c(c(-c4ccccc4)c4nc(c(-c5ccccc5)c5[nH]c(cc1n2)cc5-c1ccccc1)C(c1ccccc1)=C4c1ccccc1)n3-c1ccccc1.[Pd]. The van der Waals surface area contributed by atoms with Gasteiger partial charge in [0.25, 0.3) is 0 Å². The molecule has 2 aliphatic rings. The van der Waals surface area contributed by atoms with E-state index in [9.17, 15) is 0 Å². The van der Waals surface area contributed by atoms with Gasteiger partial charge in [0.2, 0.25) is 0 Å². The first-order valence-electron chi connectivity index (χ1n) is 24.5. The number of nitrogens with zero attached hydrogens (tertiary/aromatic N) is 3. The molecular formula is C68H46N4Pd. The molecule has 73 heavy (non-hydrogen) atoms. The molecule has 348 valence electrons. The third-order valence-electron chi connectivity index (χ3n) is 13.7. The van der Waals surface area contributed by atoms with Crippen molar-refractivity contribution in [3.8, 4) is 61.3 Å². The van der Waals surface area contributed by atoms with E-state index in [0.29, 0.717) is 0 Å². The molecule has 11 aromatic rings. The standard InChI is InChI=1S/C68H46N4.Pd/c1-9-25-46(26-10-1)57-44-55-43-53-41-42-54(69-53)45-58-59(47-27-11-2-12-28-47)62(50-33-17-5-18-34-50)68(72(58)56-39-23-8-24-40-56)64(52-37-21-7-22-38-52)67-61(49-31-15-4-16-32-49)60(48-29-13-3-14-30-48)66(71-67)63(65(57)70-55)51-35-19-6-20-36-51;/h1-45,70H;. The molecule has 0 spiro atoms. The van der Waals surface area contributed by atoms with Crippen LogP contribution in [0.4, 0.5) is 0 Å². The third-order valence-corrected chi connectivity index (χ3v) is 13.7. The van der Waals surface area contributed by atoms with Crippen molar-refractivity contribution >= 4 is 45.4 Å². The first-order valence-corrected chi connectivity index (χ1v) is 24.5. The van der Waals surface area contributed by atoms with Gasteiger partial charge in [0.05, 0.1) is 39.3 Å². The molecular weight excluding hydrogens is 979 g/mol. The number of nitrogens with one attached hydrogen (secondary N) is 1. The van der Waals surface area contributed by atoms with Crippen LogP contribution in [0.1, 0.15) is 33.9 Å². The van der Waals surface area contributed by atoms with Gasteiger partial charge in [-0.25, -0.2) is 9.97 Å². The van der Waals surface area contributed by atoms with Gasteiger partial charge in [-0.3, -0.25) is 0 Å². The smallest absolute Gasteiger partial charge is 0.0822 e. The summed E-state index contributed by atoms with van der Waals surface area (Å²) in [6.07, 6.45) is 4.26.